The molecule has 0 spiro atoms. The number of hydrogen-bond donors (Lipinski definition) is 2. The van der Waals surface area contributed by atoms with Crippen molar-refractivity contribution in [2.45, 2.75) is 6.18 Å². The van der Waals surface area contributed by atoms with E-state index in [-0.39, 0.29) is 5.69 Å². The fraction of sp³-hybridized carbons (Fsp3) is 0.273. The first-order valence-corrected chi connectivity index (χ1v) is 5.15. The lowest BCUT2D eigenvalue weighted by Crippen LogP contribution is -2.46. The Balaban J connectivity index is 3.02. The summed E-state index contributed by atoms with van der Waals surface area (Å²) in [5.74, 6) is -4.75. The minimum atomic E-state index is -4.96. The molecule has 0 aliphatic carbocycles. The van der Waals surface area contributed by atoms with Gasteiger partial charge >= 0.3 is 18.2 Å². The lowest BCUT2D eigenvalue weighted by atomic mass is 10.1. The molecule has 0 saturated carbocycles. The smallest absolute Gasteiger partial charge is 0.403 e. The number of carboxylic acid groups (broad SMARTS) is 1. The van der Waals surface area contributed by atoms with Crippen LogP contribution in [0.25, 0.3) is 0 Å². The number of nitrogens with zero attached hydrogens (tertiary/aromatic N) is 1. The molecule has 104 valence electrons. The predicted molar refractivity (Wildman–Crippen MR) is 60.6 cm³/mol. The van der Waals surface area contributed by atoms with E-state index in [2.05, 4.69) is 0 Å². The number of benzene rings is 1. The molecule has 2 amide bonds. The van der Waals surface area contributed by atoms with E-state index in [1.54, 1.807) is 6.07 Å². The summed E-state index contributed by atoms with van der Waals surface area (Å²) in [6, 6.07) is 6.16. The molecule has 3 N–H and O–H groups in total. The van der Waals surface area contributed by atoms with E-state index in [1.165, 1.54) is 24.3 Å². The Morgan fingerprint density at radius 2 is 1.79 bits per heavy atom. The van der Waals surface area contributed by atoms with Gasteiger partial charge in [-0.25, -0.2) is 4.79 Å². The molecule has 0 saturated heterocycles. The summed E-state index contributed by atoms with van der Waals surface area (Å²) in [7, 11) is 0. The Morgan fingerprint density at radius 3 is 2.16 bits per heavy atom. The highest BCUT2D eigenvalue weighted by Crippen LogP contribution is 2.28. The third-order valence-electron chi connectivity index (χ3n) is 2.39. The molecule has 0 bridgehead atoms. The molecule has 0 aliphatic heterocycles. The van der Waals surface area contributed by atoms with Crippen LogP contribution in [0.4, 0.5) is 23.7 Å². The van der Waals surface area contributed by atoms with E-state index in [0.717, 1.165) is 0 Å². The van der Waals surface area contributed by atoms with Gasteiger partial charge in [0, 0.05) is 12.2 Å². The summed E-state index contributed by atoms with van der Waals surface area (Å²) in [6.07, 6.45) is -4.96. The summed E-state index contributed by atoms with van der Waals surface area (Å²) in [5.41, 5.74) is 5.09. The van der Waals surface area contributed by atoms with E-state index < -0.39 is 30.6 Å². The summed E-state index contributed by atoms with van der Waals surface area (Å²) >= 11 is 0. The molecular weight excluding hydrogens is 265 g/mol. The van der Waals surface area contributed by atoms with E-state index in [4.69, 9.17) is 10.8 Å². The second kappa shape index (κ2) is 5.59. The molecular formula is C11H11F3N2O3. The Labute approximate surface area is 106 Å². The van der Waals surface area contributed by atoms with Crippen molar-refractivity contribution in [3.05, 3.63) is 30.3 Å². The monoisotopic (exact) mass is 276 g/mol. The van der Waals surface area contributed by atoms with Crippen molar-refractivity contribution in [3.63, 3.8) is 0 Å². The number of carbonyl (C=O) groups excluding carboxylic acids is 1. The number of carboxylic acids is 1. The Hall–Kier alpha value is -2.25. The van der Waals surface area contributed by atoms with Crippen LogP contribution in [0, 0.1) is 5.92 Å². The maximum atomic E-state index is 12.6. The normalized spacial score (nSPS) is 12.8. The molecule has 1 rings (SSSR count). The van der Waals surface area contributed by atoms with Crippen LogP contribution in [-0.4, -0.2) is 29.8 Å². The molecule has 8 heteroatoms. The van der Waals surface area contributed by atoms with E-state index in [0.29, 0.717) is 4.90 Å². The van der Waals surface area contributed by atoms with Crippen molar-refractivity contribution in [3.8, 4) is 0 Å². The maximum Gasteiger partial charge on any atom is 0.403 e. The van der Waals surface area contributed by atoms with Gasteiger partial charge in [-0.1, -0.05) is 18.2 Å². The molecule has 19 heavy (non-hydrogen) atoms. The Bertz CT molecular complexity index is 462. The second-order valence-corrected chi connectivity index (χ2v) is 3.72. The van der Waals surface area contributed by atoms with E-state index in [9.17, 15) is 22.8 Å². The first-order valence-electron chi connectivity index (χ1n) is 5.15. The van der Waals surface area contributed by atoms with Crippen LogP contribution in [0.2, 0.25) is 0 Å². The first kappa shape index (κ1) is 14.8. The van der Waals surface area contributed by atoms with Gasteiger partial charge in [0.2, 0.25) is 0 Å². The van der Waals surface area contributed by atoms with Gasteiger partial charge < -0.3 is 10.8 Å². The zero-order valence-electron chi connectivity index (χ0n) is 9.59. The number of primary amides is 1. The number of carbonyl (C=O) groups is 2. The predicted octanol–water partition coefficient (Wildman–Crippen LogP) is 1.83. The molecule has 1 aromatic carbocycles. The fourth-order valence-corrected chi connectivity index (χ4v) is 1.43. The number of rotatable bonds is 4. The largest absolute Gasteiger partial charge is 0.481 e. The van der Waals surface area contributed by atoms with Crippen LogP contribution in [0.1, 0.15) is 0 Å². The topological polar surface area (TPSA) is 83.6 Å². The van der Waals surface area contributed by atoms with E-state index >= 15 is 0 Å². The Kier molecular flexibility index (Phi) is 4.36. The number of urea groups is 1. The van der Waals surface area contributed by atoms with Crippen LogP contribution >= 0.6 is 0 Å². The number of nitrogens with two attached hydrogens (primary N) is 1. The van der Waals surface area contributed by atoms with Crippen molar-refractivity contribution in [2.75, 3.05) is 11.4 Å². The minimum Gasteiger partial charge on any atom is -0.481 e. The number of anilines is 1. The third kappa shape index (κ3) is 3.87. The molecule has 0 aromatic heterocycles. The average Bonchev–Trinajstić information content (AvgIpc) is 2.28. The fourth-order valence-electron chi connectivity index (χ4n) is 1.43. The highest BCUT2D eigenvalue weighted by Gasteiger charge is 2.46. The van der Waals surface area contributed by atoms with Crippen molar-refractivity contribution in [2.24, 2.45) is 11.7 Å². The lowest BCUT2D eigenvalue weighted by Gasteiger charge is -2.25. The van der Waals surface area contributed by atoms with Gasteiger partial charge in [0.25, 0.3) is 0 Å². The molecule has 5 nitrogen and oxygen atoms in total. The molecule has 0 radical (unpaired) electrons. The summed E-state index contributed by atoms with van der Waals surface area (Å²) in [5, 5.41) is 8.59. The van der Waals surface area contributed by atoms with Crippen LogP contribution in [0.15, 0.2) is 30.3 Å². The summed E-state index contributed by atoms with van der Waals surface area (Å²) < 4.78 is 37.7. The van der Waals surface area contributed by atoms with Gasteiger partial charge in [0.05, 0.1) is 0 Å². The highest BCUT2D eigenvalue weighted by molar-refractivity contribution is 5.91. The van der Waals surface area contributed by atoms with Crippen molar-refractivity contribution < 1.29 is 27.9 Å². The zero-order chi connectivity index (χ0) is 14.6. The number of alkyl halides is 3. The number of hydrogen-bond acceptors (Lipinski definition) is 2. The minimum absolute atomic E-state index is 0.102. The van der Waals surface area contributed by atoms with Crippen molar-refractivity contribution in [1.29, 1.82) is 0 Å². The van der Waals surface area contributed by atoms with Crippen molar-refractivity contribution >= 4 is 17.7 Å². The van der Waals surface area contributed by atoms with Gasteiger partial charge in [-0.3, -0.25) is 9.69 Å². The molecule has 0 heterocycles. The molecule has 0 fully saturated rings. The number of para-hydroxylation sites is 1. The molecule has 0 aliphatic rings. The van der Waals surface area contributed by atoms with Crippen LogP contribution in [0.5, 0.6) is 0 Å². The van der Waals surface area contributed by atoms with Gasteiger partial charge in [0.1, 0.15) is 0 Å². The molecule has 1 atom stereocenters. The number of aliphatic carboxylic acids is 1. The summed E-state index contributed by atoms with van der Waals surface area (Å²) in [4.78, 5) is 22.4. The van der Waals surface area contributed by atoms with E-state index in [1.807, 2.05) is 0 Å². The van der Waals surface area contributed by atoms with Gasteiger partial charge in [-0.05, 0) is 12.1 Å². The van der Waals surface area contributed by atoms with Gasteiger partial charge in [0.15, 0.2) is 5.92 Å². The Morgan fingerprint density at radius 1 is 1.26 bits per heavy atom. The SMILES string of the molecule is NC(=O)N(CC(C(=O)O)C(F)(F)F)c1ccccc1. The standard InChI is InChI=1S/C11H11F3N2O3/c12-11(13,14)8(9(17)18)6-16(10(15)19)7-4-2-1-3-5-7/h1-5,8H,6H2,(H2,15,19)(H,17,18). The number of halogens is 3. The molecule has 1 aromatic rings. The quantitative estimate of drug-likeness (QED) is 0.880. The third-order valence-corrected chi connectivity index (χ3v) is 2.39. The highest BCUT2D eigenvalue weighted by atomic mass is 19.4. The second-order valence-electron chi connectivity index (χ2n) is 3.72. The van der Waals surface area contributed by atoms with Crippen LogP contribution in [0.3, 0.4) is 0 Å². The average molecular weight is 276 g/mol. The van der Waals surface area contributed by atoms with Crippen LogP contribution < -0.4 is 10.6 Å². The number of amides is 2. The van der Waals surface area contributed by atoms with Gasteiger partial charge in [-0.2, -0.15) is 13.2 Å². The first-order chi connectivity index (χ1) is 8.73. The summed E-state index contributed by atoms with van der Waals surface area (Å²) in [6.45, 7) is -1.07. The van der Waals surface area contributed by atoms with Gasteiger partial charge in [-0.15, -0.1) is 0 Å². The van der Waals surface area contributed by atoms with Crippen molar-refractivity contribution in [1.82, 2.24) is 0 Å². The zero-order valence-corrected chi connectivity index (χ0v) is 9.59. The maximum absolute atomic E-state index is 12.6. The van der Waals surface area contributed by atoms with Crippen LogP contribution in [-0.2, 0) is 4.79 Å². The lowest BCUT2D eigenvalue weighted by molar-refractivity contribution is -0.191. The molecule has 1 unspecified atom stereocenters.